The Kier molecular flexibility index (Phi) is 12.1. The molecule has 0 heterocycles. The Balaban J connectivity index is 4.85. The minimum atomic E-state index is -1.22. The molecule has 0 radical (unpaired) electrons. The summed E-state index contributed by atoms with van der Waals surface area (Å²) < 4.78 is 0. The van der Waals surface area contributed by atoms with Crippen molar-refractivity contribution in [1.82, 2.24) is 16.0 Å². The summed E-state index contributed by atoms with van der Waals surface area (Å²) in [5.74, 6) is -2.51. The molecule has 11 heteroatoms. The van der Waals surface area contributed by atoms with Crippen LogP contribution in [-0.4, -0.2) is 70.7 Å². The third kappa shape index (κ3) is 9.34. The first-order chi connectivity index (χ1) is 12.5. The largest absolute Gasteiger partial charge is 0.480 e. The van der Waals surface area contributed by atoms with Crippen molar-refractivity contribution >= 4 is 48.1 Å². The zero-order valence-electron chi connectivity index (χ0n) is 16.0. The van der Waals surface area contributed by atoms with Gasteiger partial charge >= 0.3 is 5.97 Å². The fraction of sp³-hybridized carbons (Fsp3) is 0.750. The molecule has 27 heavy (non-hydrogen) atoms. The molecule has 0 aromatic carbocycles. The van der Waals surface area contributed by atoms with Crippen LogP contribution in [0.3, 0.4) is 0 Å². The van der Waals surface area contributed by atoms with Crippen molar-refractivity contribution in [3.8, 4) is 0 Å². The molecular formula is C16H30N4O5S2. The number of hydrogen-bond donors (Lipinski definition) is 6. The molecule has 0 spiro atoms. The number of thioether (sulfide) groups is 1. The molecule has 6 N–H and O–H groups in total. The number of rotatable bonds is 12. The lowest BCUT2D eigenvalue weighted by Crippen LogP contribution is -2.58. The molecule has 0 aliphatic carbocycles. The Morgan fingerprint density at radius 1 is 1.04 bits per heavy atom. The van der Waals surface area contributed by atoms with Crippen molar-refractivity contribution in [1.29, 1.82) is 0 Å². The van der Waals surface area contributed by atoms with E-state index in [1.54, 1.807) is 25.6 Å². The molecule has 0 aromatic rings. The van der Waals surface area contributed by atoms with Gasteiger partial charge in [0.25, 0.3) is 0 Å². The minimum Gasteiger partial charge on any atom is -0.480 e. The monoisotopic (exact) mass is 422 g/mol. The van der Waals surface area contributed by atoms with Gasteiger partial charge in [-0.25, -0.2) is 4.79 Å². The molecule has 4 atom stereocenters. The second-order valence-electron chi connectivity index (χ2n) is 6.43. The molecule has 156 valence electrons. The maximum Gasteiger partial charge on any atom is 0.327 e. The third-order valence-electron chi connectivity index (χ3n) is 3.77. The molecule has 9 nitrogen and oxygen atoms in total. The Labute approximate surface area is 169 Å². The minimum absolute atomic E-state index is 0.0831. The number of carbonyl (C=O) groups excluding carboxylic acids is 3. The number of carboxylic acid groups (broad SMARTS) is 1. The number of hydrogen-bond acceptors (Lipinski definition) is 7. The zero-order valence-corrected chi connectivity index (χ0v) is 17.7. The molecule has 0 rings (SSSR count). The van der Waals surface area contributed by atoms with Crippen molar-refractivity contribution < 1.29 is 24.3 Å². The summed E-state index contributed by atoms with van der Waals surface area (Å²) in [6.07, 6.45) is 2.39. The lowest BCUT2D eigenvalue weighted by Gasteiger charge is -2.25. The topological polar surface area (TPSA) is 151 Å². The predicted octanol–water partition coefficient (Wildman–Crippen LogP) is -0.788. The summed E-state index contributed by atoms with van der Waals surface area (Å²) in [4.78, 5) is 47.7. The first kappa shape index (κ1) is 25.5. The van der Waals surface area contributed by atoms with Crippen molar-refractivity contribution in [2.24, 2.45) is 11.7 Å². The lowest BCUT2D eigenvalue weighted by atomic mass is 10.0. The molecule has 0 aliphatic rings. The predicted molar refractivity (Wildman–Crippen MR) is 109 cm³/mol. The smallest absolute Gasteiger partial charge is 0.327 e. The summed E-state index contributed by atoms with van der Waals surface area (Å²) in [7, 11) is 0. The number of nitrogens with one attached hydrogen (secondary N) is 3. The van der Waals surface area contributed by atoms with Crippen molar-refractivity contribution in [3.63, 3.8) is 0 Å². The van der Waals surface area contributed by atoms with Crippen molar-refractivity contribution in [2.45, 2.75) is 51.4 Å². The average Bonchev–Trinajstić information content (AvgIpc) is 2.60. The lowest BCUT2D eigenvalue weighted by molar-refractivity contribution is -0.142. The van der Waals surface area contributed by atoms with Gasteiger partial charge in [0.15, 0.2) is 0 Å². The van der Waals surface area contributed by atoms with Crippen LogP contribution >= 0.6 is 24.4 Å². The van der Waals surface area contributed by atoms with E-state index in [1.165, 1.54) is 6.92 Å². The first-order valence-corrected chi connectivity index (χ1v) is 10.6. The number of aliphatic carboxylic acids is 1. The second-order valence-corrected chi connectivity index (χ2v) is 7.78. The summed E-state index contributed by atoms with van der Waals surface area (Å²) in [6, 6.07) is -3.73. The SMILES string of the molecule is CSCCC(N)C(=O)NC(C)C(=O)NC(C(=O)NC(CS)C(=O)O)C(C)C. The van der Waals surface area contributed by atoms with Gasteiger partial charge in [-0.1, -0.05) is 13.8 Å². The van der Waals surface area contributed by atoms with E-state index < -0.39 is 47.9 Å². The molecule has 0 saturated heterocycles. The summed E-state index contributed by atoms with van der Waals surface area (Å²) in [6.45, 7) is 4.91. The van der Waals surface area contributed by atoms with Gasteiger partial charge in [0.05, 0.1) is 6.04 Å². The van der Waals surface area contributed by atoms with Gasteiger partial charge in [-0.3, -0.25) is 14.4 Å². The van der Waals surface area contributed by atoms with Crippen LogP contribution in [0.4, 0.5) is 0 Å². The van der Waals surface area contributed by atoms with Crippen molar-refractivity contribution in [3.05, 3.63) is 0 Å². The van der Waals surface area contributed by atoms with Crippen molar-refractivity contribution in [2.75, 3.05) is 17.8 Å². The van der Waals surface area contributed by atoms with E-state index >= 15 is 0 Å². The fourth-order valence-corrected chi connectivity index (χ4v) is 2.76. The van der Waals surface area contributed by atoms with Gasteiger partial charge in [-0.2, -0.15) is 24.4 Å². The van der Waals surface area contributed by atoms with Gasteiger partial charge < -0.3 is 26.8 Å². The van der Waals surface area contributed by atoms with Crippen LogP contribution in [-0.2, 0) is 19.2 Å². The molecule has 4 unspecified atom stereocenters. The van der Waals surface area contributed by atoms with Gasteiger partial charge in [-0.15, -0.1) is 0 Å². The Morgan fingerprint density at radius 3 is 2.07 bits per heavy atom. The van der Waals surface area contributed by atoms with E-state index in [2.05, 4.69) is 28.6 Å². The van der Waals surface area contributed by atoms with Crippen LogP contribution < -0.4 is 21.7 Å². The number of amides is 3. The highest BCUT2D eigenvalue weighted by atomic mass is 32.2. The number of thiol groups is 1. The van der Waals surface area contributed by atoms with Crippen LogP contribution in [0.15, 0.2) is 0 Å². The zero-order chi connectivity index (χ0) is 21.1. The molecule has 0 aliphatic heterocycles. The Hall–Kier alpha value is -1.46. The third-order valence-corrected chi connectivity index (χ3v) is 4.77. The molecule has 3 amide bonds. The second kappa shape index (κ2) is 12.8. The first-order valence-electron chi connectivity index (χ1n) is 8.54. The number of carboxylic acids is 1. The van der Waals surface area contributed by atoms with Gasteiger partial charge in [-0.05, 0) is 31.3 Å². The highest BCUT2D eigenvalue weighted by Gasteiger charge is 2.30. The van der Waals surface area contributed by atoms with E-state index in [1.807, 2.05) is 6.26 Å². The van der Waals surface area contributed by atoms with Crippen LogP contribution in [0.25, 0.3) is 0 Å². The highest BCUT2D eigenvalue weighted by Crippen LogP contribution is 2.04. The van der Waals surface area contributed by atoms with Crippen LogP contribution in [0, 0.1) is 5.92 Å². The summed E-state index contributed by atoms with van der Waals surface area (Å²) in [5, 5.41) is 16.4. The maximum absolute atomic E-state index is 12.3. The standard InChI is InChI=1S/C16H30N4O5S2/c1-8(2)12(15(23)19-11(7-26)16(24)25)20-13(21)9(3)18-14(22)10(17)5-6-27-4/h8-12,26H,5-7,17H2,1-4H3,(H,18,22)(H,19,23)(H,20,21)(H,24,25). The van der Waals surface area contributed by atoms with Gasteiger partial charge in [0.1, 0.15) is 18.1 Å². The van der Waals surface area contributed by atoms with Gasteiger partial charge in [0.2, 0.25) is 17.7 Å². The van der Waals surface area contributed by atoms with E-state index in [0.29, 0.717) is 6.42 Å². The summed E-state index contributed by atoms with van der Waals surface area (Å²) >= 11 is 5.45. The number of nitrogens with two attached hydrogens (primary N) is 1. The van der Waals surface area contributed by atoms with E-state index in [9.17, 15) is 19.2 Å². The Morgan fingerprint density at radius 2 is 1.63 bits per heavy atom. The van der Waals surface area contributed by atoms with E-state index in [4.69, 9.17) is 10.8 Å². The summed E-state index contributed by atoms with van der Waals surface area (Å²) in [5.41, 5.74) is 5.76. The molecule has 0 fully saturated rings. The molecular weight excluding hydrogens is 392 g/mol. The highest BCUT2D eigenvalue weighted by molar-refractivity contribution is 7.98. The maximum atomic E-state index is 12.3. The van der Waals surface area contributed by atoms with Crippen LogP contribution in [0.5, 0.6) is 0 Å². The quantitative estimate of drug-likeness (QED) is 0.226. The number of carbonyl (C=O) groups is 4. The fourth-order valence-electron chi connectivity index (χ4n) is 2.02. The van der Waals surface area contributed by atoms with E-state index in [0.717, 1.165) is 5.75 Å². The average molecular weight is 423 g/mol. The molecule has 0 saturated carbocycles. The van der Waals surface area contributed by atoms with Gasteiger partial charge in [0, 0.05) is 5.75 Å². The van der Waals surface area contributed by atoms with Crippen LogP contribution in [0.1, 0.15) is 27.2 Å². The molecule has 0 bridgehead atoms. The van der Waals surface area contributed by atoms with E-state index in [-0.39, 0.29) is 11.7 Å². The Bertz CT molecular complexity index is 533. The molecule has 0 aromatic heterocycles. The normalized spacial score (nSPS) is 15.4. The van der Waals surface area contributed by atoms with Crippen LogP contribution in [0.2, 0.25) is 0 Å².